The third kappa shape index (κ3) is 4.82. The lowest BCUT2D eigenvalue weighted by molar-refractivity contribution is 0.0781. The van der Waals surface area contributed by atoms with E-state index < -0.39 is 15.9 Å². The second-order valence-corrected chi connectivity index (χ2v) is 8.49. The minimum Gasteiger partial charge on any atom is -0.374 e. The average Bonchev–Trinajstić information content (AvgIpc) is 2.60. The van der Waals surface area contributed by atoms with Gasteiger partial charge in [0.25, 0.3) is 0 Å². The summed E-state index contributed by atoms with van der Waals surface area (Å²) in [5.74, 6) is 0.243. The van der Waals surface area contributed by atoms with Crippen LogP contribution in [-0.2, 0) is 14.6 Å². The maximum atomic E-state index is 13.0. The highest BCUT2D eigenvalue weighted by molar-refractivity contribution is 7.91. The zero-order valence-corrected chi connectivity index (χ0v) is 14.8. The van der Waals surface area contributed by atoms with Gasteiger partial charge in [-0.2, -0.15) is 0 Å². The van der Waals surface area contributed by atoms with E-state index in [1.807, 2.05) is 4.90 Å². The van der Waals surface area contributed by atoms with Crippen molar-refractivity contribution in [1.82, 2.24) is 4.90 Å². The van der Waals surface area contributed by atoms with E-state index in [0.29, 0.717) is 19.0 Å². The highest BCUT2D eigenvalue weighted by atomic mass is 32.2. The van der Waals surface area contributed by atoms with Crippen molar-refractivity contribution in [2.24, 2.45) is 10.7 Å². The van der Waals surface area contributed by atoms with Crippen LogP contribution >= 0.6 is 0 Å². The smallest absolute Gasteiger partial charge is 0.191 e. The Labute approximate surface area is 147 Å². The summed E-state index contributed by atoms with van der Waals surface area (Å²) in [7, 11) is -3.03. The molecule has 0 spiro atoms. The molecule has 2 fully saturated rings. The van der Waals surface area contributed by atoms with Gasteiger partial charge >= 0.3 is 0 Å². The number of hydrogen-bond donors (Lipinski definition) is 1. The number of anilines is 1. The van der Waals surface area contributed by atoms with Crippen LogP contribution in [0.15, 0.2) is 29.3 Å². The Morgan fingerprint density at radius 2 is 1.92 bits per heavy atom. The molecule has 25 heavy (non-hydrogen) atoms. The zero-order valence-electron chi connectivity index (χ0n) is 14.0. The number of aliphatic imine (C=N–C) groups is 1. The fourth-order valence-corrected chi connectivity index (χ4v) is 4.29. The van der Waals surface area contributed by atoms with Crippen LogP contribution in [0, 0.1) is 5.82 Å². The first-order valence-corrected chi connectivity index (χ1v) is 10.1. The van der Waals surface area contributed by atoms with E-state index in [-0.39, 0.29) is 30.5 Å². The molecule has 2 saturated heterocycles. The molecule has 0 bridgehead atoms. The number of rotatable bonds is 3. The van der Waals surface area contributed by atoms with Crippen molar-refractivity contribution in [3.63, 3.8) is 0 Å². The van der Waals surface area contributed by atoms with Gasteiger partial charge in [-0.3, -0.25) is 4.99 Å². The van der Waals surface area contributed by atoms with Crippen molar-refractivity contribution in [3.05, 3.63) is 30.1 Å². The largest absolute Gasteiger partial charge is 0.374 e. The molecule has 0 saturated carbocycles. The van der Waals surface area contributed by atoms with Gasteiger partial charge in [-0.15, -0.1) is 0 Å². The van der Waals surface area contributed by atoms with E-state index >= 15 is 0 Å². The molecule has 2 heterocycles. The van der Waals surface area contributed by atoms with E-state index in [2.05, 4.69) is 9.89 Å². The van der Waals surface area contributed by atoms with Crippen LogP contribution in [-0.4, -0.2) is 76.2 Å². The van der Waals surface area contributed by atoms with E-state index in [0.717, 1.165) is 18.8 Å². The Hall–Kier alpha value is -1.87. The van der Waals surface area contributed by atoms with Crippen molar-refractivity contribution >= 4 is 21.5 Å². The monoisotopic (exact) mass is 370 g/mol. The van der Waals surface area contributed by atoms with Crippen molar-refractivity contribution in [2.45, 2.75) is 6.10 Å². The van der Waals surface area contributed by atoms with Crippen molar-refractivity contribution in [2.75, 3.05) is 55.7 Å². The normalized spacial score (nSPS) is 24.4. The highest BCUT2D eigenvalue weighted by Crippen LogP contribution is 2.17. The van der Waals surface area contributed by atoms with Crippen LogP contribution in [0.4, 0.5) is 10.1 Å². The van der Waals surface area contributed by atoms with Crippen LogP contribution in [0.3, 0.4) is 0 Å². The summed E-state index contributed by atoms with van der Waals surface area (Å²) >= 11 is 0. The van der Waals surface area contributed by atoms with Gasteiger partial charge in [-0.1, -0.05) is 0 Å². The Morgan fingerprint density at radius 3 is 2.56 bits per heavy atom. The lowest BCUT2D eigenvalue weighted by Gasteiger charge is -2.36. The number of nitrogens with two attached hydrogens (primary N) is 1. The summed E-state index contributed by atoms with van der Waals surface area (Å²) in [5.41, 5.74) is 7.02. The molecule has 9 heteroatoms. The van der Waals surface area contributed by atoms with Crippen molar-refractivity contribution in [3.8, 4) is 0 Å². The maximum absolute atomic E-state index is 13.0. The summed E-state index contributed by atoms with van der Waals surface area (Å²) in [6.07, 6.45) is -0.419. The summed E-state index contributed by atoms with van der Waals surface area (Å²) in [5, 5.41) is 0. The molecule has 138 valence electrons. The van der Waals surface area contributed by atoms with Crippen LogP contribution in [0.5, 0.6) is 0 Å². The van der Waals surface area contributed by atoms with Crippen LogP contribution < -0.4 is 10.6 Å². The number of benzene rings is 1. The van der Waals surface area contributed by atoms with Gasteiger partial charge in [-0.25, -0.2) is 12.8 Å². The van der Waals surface area contributed by atoms with Gasteiger partial charge in [0.05, 0.1) is 30.8 Å². The molecule has 2 aliphatic heterocycles. The molecule has 2 N–H and O–H groups in total. The molecule has 0 aliphatic carbocycles. The Bertz CT molecular complexity index is 715. The summed E-state index contributed by atoms with van der Waals surface area (Å²) in [6, 6.07) is 6.44. The number of hydrogen-bond acceptors (Lipinski definition) is 5. The van der Waals surface area contributed by atoms with Crippen LogP contribution in [0.25, 0.3) is 0 Å². The minimum absolute atomic E-state index is 0.00211. The number of piperazine rings is 1. The fourth-order valence-electron chi connectivity index (χ4n) is 3.00. The highest BCUT2D eigenvalue weighted by Gasteiger charge is 2.25. The quantitative estimate of drug-likeness (QED) is 0.599. The molecule has 0 radical (unpaired) electrons. The Kier molecular flexibility index (Phi) is 5.43. The van der Waals surface area contributed by atoms with Gasteiger partial charge in [0, 0.05) is 31.9 Å². The first kappa shape index (κ1) is 17.9. The molecule has 1 aromatic carbocycles. The summed E-state index contributed by atoms with van der Waals surface area (Å²) in [4.78, 5) is 8.45. The predicted molar refractivity (Wildman–Crippen MR) is 95.1 cm³/mol. The SMILES string of the molecule is NC(=NCC1CS(=O)(=O)CCO1)N1CCN(c2ccc(F)cc2)CC1. The summed E-state index contributed by atoms with van der Waals surface area (Å²) < 4.78 is 41.6. The predicted octanol–water partition coefficient (Wildman–Crippen LogP) is 0.0760. The third-order valence-corrected chi connectivity index (χ3v) is 6.11. The summed E-state index contributed by atoms with van der Waals surface area (Å²) in [6.45, 7) is 3.40. The molecule has 0 amide bonds. The second-order valence-electron chi connectivity index (χ2n) is 6.26. The topological polar surface area (TPSA) is 88.2 Å². The van der Waals surface area contributed by atoms with E-state index in [9.17, 15) is 12.8 Å². The number of sulfone groups is 1. The van der Waals surface area contributed by atoms with Gasteiger partial charge in [0.15, 0.2) is 15.8 Å². The maximum Gasteiger partial charge on any atom is 0.191 e. The van der Waals surface area contributed by atoms with Crippen molar-refractivity contribution < 1.29 is 17.5 Å². The standard InChI is InChI=1S/C16H23FN4O3S/c17-13-1-3-14(4-2-13)20-5-7-21(8-6-20)16(18)19-11-15-12-25(22,23)10-9-24-15/h1-4,15H,5-12H2,(H2,18,19). The van der Waals surface area contributed by atoms with Gasteiger partial charge < -0.3 is 20.3 Å². The molecular weight excluding hydrogens is 347 g/mol. The number of guanidine groups is 1. The molecule has 2 aliphatic rings. The number of nitrogens with zero attached hydrogens (tertiary/aromatic N) is 3. The zero-order chi connectivity index (χ0) is 17.9. The first-order valence-electron chi connectivity index (χ1n) is 8.30. The lowest BCUT2D eigenvalue weighted by Crippen LogP contribution is -2.51. The number of halogens is 1. The first-order chi connectivity index (χ1) is 11.9. The Balaban J connectivity index is 1.51. The third-order valence-electron chi connectivity index (χ3n) is 4.44. The molecule has 1 atom stereocenters. The molecule has 1 unspecified atom stereocenters. The lowest BCUT2D eigenvalue weighted by atomic mass is 10.2. The second kappa shape index (κ2) is 7.57. The fraction of sp³-hybridized carbons (Fsp3) is 0.562. The molecule has 3 rings (SSSR count). The van der Waals surface area contributed by atoms with Gasteiger partial charge in [0.1, 0.15) is 5.82 Å². The van der Waals surface area contributed by atoms with Gasteiger partial charge in [-0.05, 0) is 24.3 Å². The van der Waals surface area contributed by atoms with Gasteiger partial charge in [0.2, 0.25) is 0 Å². The van der Waals surface area contributed by atoms with E-state index in [4.69, 9.17) is 10.5 Å². The average molecular weight is 370 g/mol. The van der Waals surface area contributed by atoms with Crippen LogP contribution in [0.1, 0.15) is 0 Å². The van der Waals surface area contributed by atoms with E-state index in [1.165, 1.54) is 12.1 Å². The molecular formula is C16H23FN4O3S. The Morgan fingerprint density at radius 1 is 1.24 bits per heavy atom. The molecule has 0 aromatic heterocycles. The van der Waals surface area contributed by atoms with Crippen molar-refractivity contribution in [1.29, 1.82) is 0 Å². The number of ether oxygens (including phenoxy) is 1. The van der Waals surface area contributed by atoms with Crippen LogP contribution in [0.2, 0.25) is 0 Å². The molecule has 7 nitrogen and oxygen atoms in total. The minimum atomic E-state index is -3.03. The molecule has 1 aromatic rings. The van der Waals surface area contributed by atoms with E-state index in [1.54, 1.807) is 12.1 Å².